The molecule has 1 aromatic rings. The lowest BCUT2D eigenvalue weighted by atomic mass is 9.85. The minimum absolute atomic E-state index is 0.0256. The van der Waals surface area contributed by atoms with Gasteiger partial charge in [-0.05, 0) is 43.4 Å². The summed E-state index contributed by atoms with van der Waals surface area (Å²) in [6, 6.07) is 3.64. The Hall–Kier alpha value is -1.03. The van der Waals surface area contributed by atoms with Gasteiger partial charge in [0.1, 0.15) is 0 Å². The molecule has 0 bridgehead atoms. The smallest absolute Gasteiger partial charge is 0.251 e. The molecular formula is C13H17BrN2O. The Morgan fingerprint density at radius 3 is 2.82 bits per heavy atom. The molecule has 0 spiro atoms. The first kappa shape index (κ1) is 12.4. The summed E-state index contributed by atoms with van der Waals surface area (Å²) in [6.45, 7) is 2.66. The highest BCUT2D eigenvalue weighted by molar-refractivity contribution is 9.10. The molecule has 1 saturated carbocycles. The topological polar surface area (TPSA) is 55.1 Å². The van der Waals surface area contributed by atoms with Gasteiger partial charge in [-0.15, -0.1) is 0 Å². The van der Waals surface area contributed by atoms with Crippen LogP contribution in [-0.2, 0) is 0 Å². The van der Waals surface area contributed by atoms with Gasteiger partial charge in [0.2, 0.25) is 0 Å². The van der Waals surface area contributed by atoms with E-state index in [1.807, 2.05) is 19.1 Å². The highest BCUT2D eigenvalue weighted by Crippen LogP contribution is 2.26. The molecule has 0 radical (unpaired) electrons. The number of hydrogen-bond acceptors (Lipinski definition) is 2. The number of nitrogens with two attached hydrogens (primary N) is 1. The van der Waals surface area contributed by atoms with Crippen molar-refractivity contribution in [3.05, 3.63) is 27.7 Å². The highest BCUT2D eigenvalue weighted by Gasteiger charge is 2.19. The first-order valence-electron chi connectivity index (χ1n) is 5.91. The van der Waals surface area contributed by atoms with Crippen molar-refractivity contribution in [3.63, 3.8) is 0 Å². The Labute approximate surface area is 110 Å². The van der Waals surface area contributed by atoms with Crippen LogP contribution in [0.5, 0.6) is 0 Å². The number of carbonyl (C=O) groups is 1. The van der Waals surface area contributed by atoms with Gasteiger partial charge in [-0.25, -0.2) is 0 Å². The number of benzene rings is 1. The van der Waals surface area contributed by atoms with Gasteiger partial charge in [0, 0.05) is 22.3 Å². The van der Waals surface area contributed by atoms with Gasteiger partial charge >= 0.3 is 0 Å². The summed E-state index contributed by atoms with van der Waals surface area (Å²) in [5.74, 6) is 0.645. The van der Waals surface area contributed by atoms with Crippen LogP contribution in [0, 0.1) is 12.8 Å². The van der Waals surface area contributed by atoms with Crippen LogP contribution in [0.25, 0.3) is 0 Å². The summed E-state index contributed by atoms with van der Waals surface area (Å²) >= 11 is 3.36. The van der Waals surface area contributed by atoms with Crippen LogP contribution in [0.15, 0.2) is 16.6 Å². The van der Waals surface area contributed by atoms with E-state index in [2.05, 4.69) is 21.2 Å². The van der Waals surface area contributed by atoms with Crippen LogP contribution >= 0.6 is 15.9 Å². The molecule has 17 heavy (non-hydrogen) atoms. The third kappa shape index (κ3) is 2.80. The SMILES string of the molecule is Cc1c(N)cc(Br)cc1C(=O)NCC1CCC1. The molecule has 3 nitrogen and oxygen atoms in total. The van der Waals surface area contributed by atoms with Crippen LogP contribution in [0.3, 0.4) is 0 Å². The maximum Gasteiger partial charge on any atom is 0.251 e. The normalized spacial score (nSPS) is 15.4. The van der Waals surface area contributed by atoms with Crippen molar-refractivity contribution >= 4 is 27.5 Å². The zero-order valence-corrected chi connectivity index (χ0v) is 11.5. The minimum atomic E-state index is -0.0256. The molecule has 0 atom stereocenters. The van der Waals surface area contributed by atoms with E-state index in [1.54, 1.807) is 0 Å². The fourth-order valence-corrected chi connectivity index (χ4v) is 2.44. The second-order valence-electron chi connectivity index (χ2n) is 4.67. The summed E-state index contributed by atoms with van der Waals surface area (Å²) in [4.78, 5) is 12.0. The third-order valence-electron chi connectivity index (χ3n) is 3.43. The molecule has 0 unspecified atom stereocenters. The van der Waals surface area contributed by atoms with E-state index in [0.29, 0.717) is 17.2 Å². The van der Waals surface area contributed by atoms with Gasteiger partial charge in [0.05, 0.1) is 0 Å². The Bertz CT molecular complexity index is 441. The predicted octanol–water partition coefficient (Wildman–Crippen LogP) is 2.87. The summed E-state index contributed by atoms with van der Waals surface area (Å²) in [5, 5.41) is 2.98. The van der Waals surface area contributed by atoms with Gasteiger partial charge in [0.25, 0.3) is 5.91 Å². The lowest BCUT2D eigenvalue weighted by molar-refractivity contribution is 0.0938. The van der Waals surface area contributed by atoms with Gasteiger partial charge in [0.15, 0.2) is 0 Å². The van der Waals surface area contributed by atoms with Crippen molar-refractivity contribution in [2.75, 3.05) is 12.3 Å². The summed E-state index contributed by atoms with van der Waals surface area (Å²) in [6.07, 6.45) is 3.77. The predicted molar refractivity (Wildman–Crippen MR) is 73.0 cm³/mol. The molecule has 1 fully saturated rings. The Morgan fingerprint density at radius 2 is 2.24 bits per heavy atom. The van der Waals surface area contributed by atoms with Crippen LogP contribution in [0.2, 0.25) is 0 Å². The molecule has 1 amide bonds. The molecule has 1 aliphatic rings. The van der Waals surface area contributed by atoms with Crippen molar-refractivity contribution in [1.82, 2.24) is 5.32 Å². The minimum Gasteiger partial charge on any atom is -0.398 e. The van der Waals surface area contributed by atoms with Crippen molar-refractivity contribution < 1.29 is 4.79 Å². The molecule has 0 heterocycles. The van der Waals surface area contributed by atoms with Crippen molar-refractivity contribution in [1.29, 1.82) is 0 Å². The average molecular weight is 297 g/mol. The van der Waals surface area contributed by atoms with E-state index in [1.165, 1.54) is 19.3 Å². The molecule has 2 rings (SSSR count). The van der Waals surface area contributed by atoms with E-state index in [-0.39, 0.29) is 5.91 Å². The zero-order chi connectivity index (χ0) is 12.4. The van der Waals surface area contributed by atoms with E-state index < -0.39 is 0 Å². The van der Waals surface area contributed by atoms with Crippen LogP contribution < -0.4 is 11.1 Å². The van der Waals surface area contributed by atoms with Crippen LogP contribution in [-0.4, -0.2) is 12.5 Å². The molecule has 0 aliphatic heterocycles. The number of hydrogen-bond donors (Lipinski definition) is 2. The van der Waals surface area contributed by atoms with E-state index in [9.17, 15) is 4.79 Å². The lowest BCUT2D eigenvalue weighted by Crippen LogP contribution is -2.32. The maximum atomic E-state index is 12.0. The standard InChI is InChI=1S/C13H17BrN2O/c1-8-11(5-10(14)6-12(8)15)13(17)16-7-9-3-2-4-9/h5-6,9H,2-4,7,15H2,1H3,(H,16,17). The number of anilines is 1. The molecule has 92 valence electrons. The van der Waals surface area contributed by atoms with Crippen LogP contribution in [0.1, 0.15) is 35.2 Å². The molecule has 1 aliphatic carbocycles. The van der Waals surface area contributed by atoms with E-state index >= 15 is 0 Å². The summed E-state index contributed by atoms with van der Waals surface area (Å²) < 4.78 is 0.842. The third-order valence-corrected chi connectivity index (χ3v) is 3.89. The number of nitrogens with one attached hydrogen (secondary N) is 1. The fourth-order valence-electron chi connectivity index (χ4n) is 1.97. The number of halogens is 1. The van der Waals surface area contributed by atoms with Crippen molar-refractivity contribution in [2.24, 2.45) is 5.92 Å². The van der Waals surface area contributed by atoms with Gasteiger partial charge in [-0.3, -0.25) is 4.79 Å². The van der Waals surface area contributed by atoms with Crippen LogP contribution in [0.4, 0.5) is 5.69 Å². The Kier molecular flexibility index (Phi) is 3.72. The summed E-state index contributed by atoms with van der Waals surface area (Å²) in [7, 11) is 0. The number of amides is 1. The number of nitrogen functional groups attached to an aromatic ring is 1. The Balaban J connectivity index is 2.07. The van der Waals surface area contributed by atoms with Gasteiger partial charge in [-0.2, -0.15) is 0 Å². The second-order valence-corrected chi connectivity index (χ2v) is 5.59. The number of carbonyl (C=O) groups excluding carboxylic acids is 1. The second kappa shape index (κ2) is 5.08. The average Bonchev–Trinajstić information content (AvgIpc) is 2.20. The maximum absolute atomic E-state index is 12.0. The molecule has 0 saturated heterocycles. The van der Waals surface area contributed by atoms with Gasteiger partial charge < -0.3 is 11.1 Å². The molecule has 4 heteroatoms. The fraction of sp³-hybridized carbons (Fsp3) is 0.462. The highest BCUT2D eigenvalue weighted by atomic mass is 79.9. The lowest BCUT2D eigenvalue weighted by Gasteiger charge is -2.25. The van der Waals surface area contributed by atoms with Crippen molar-refractivity contribution in [3.8, 4) is 0 Å². The number of rotatable bonds is 3. The van der Waals surface area contributed by atoms with Gasteiger partial charge in [-0.1, -0.05) is 22.4 Å². The Morgan fingerprint density at radius 1 is 1.53 bits per heavy atom. The zero-order valence-electron chi connectivity index (χ0n) is 9.92. The first-order chi connectivity index (χ1) is 8.08. The quantitative estimate of drug-likeness (QED) is 0.843. The van der Waals surface area contributed by atoms with Crippen molar-refractivity contribution in [2.45, 2.75) is 26.2 Å². The monoisotopic (exact) mass is 296 g/mol. The summed E-state index contributed by atoms with van der Waals surface area (Å²) in [5.41, 5.74) is 8.00. The molecular weight excluding hydrogens is 280 g/mol. The molecule has 1 aromatic carbocycles. The van der Waals surface area contributed by atoms with E-state index in [0.717, 1.165) is 16.6 Å². The first-order valence-corrected chi connectivity index (χ1v) is 6.71. The van der Waals surface area contributed by atoms with E-state index in [4.69, 9.17) is 5.73 Å². The largest absolute Gasteiger partial charge is 0.398 e. The molecule has 0 aromatic heterocycles. The molecule has 3 N–H and O–H groups in total.